The molecular weight excluding hydrogens is 332 g/mol. The Morgan fingerprint density at radius 3 is 2.54 bits per heavy atom. The van der Waals surface area contributed by atoms with Crippen LogP contribution in [0.15, 0.2) is 59.0 Å². The van der Waals surface area contributed by atoms with Gasteiger partial charge in [-0.15, -0.1) is 0 Å². The highest BCUT2D eigenvalue weighted by Gasteiger charge is 2.15. The van der Waals surface area contributed by atoms with E-state index < -0.39 is 4.92 Å². The number of nitrogens with zero attached hydrogens (tertiary/aromatic N) is 1. The second-order valence-corrected chi connectivity index (χ2v) is 6.26. The van der Waals surface area contributed by atoms with E-state index in [9.17, 15) is 14.9 Å². The molecule has 130 valence electrons. The van der Waals surface area contributed by atoms with Crippen LogP contribution >= 0.6 is 0 Å². The fourth-order valence-electron chi connectivity index (χ4n) is 3.20. The number of furan rings is 1. The molecule has 0 bridgehead atoms. The lowest BCUT2D eigenvalue weighted by molar-refractivity contribution is -0.384. The molecule has 0 saturated carbocycles. The van der Waals surface area contributed by atoms with Crippen molar-refractivity contribution in [1.29, 1.82) is 0 Å². The molecule has 6 heteroatoms. The Kier molecular flexibility index (Phi) is 4.01. The number of non-ortho nitro benzene ring substituents is 1. The number of nitro benzene ring substituents is 1. The molecule has 0 radical (unpaired) electrons. The SMILES string of the molecule is O=C(Nc1ccc2c(c1)CCC2)c1ccc(-c2ccc([N+](=O)[O-])cc2)o1. The van der Waals surface area contributed by atoms with E-state index in [4.69, 9.17) is 4.42 Å². The van der Waals surface area contributed by atoms with E-state index in [1.54, 1.807) is 24.3 Å². The monoisotopic (exact) mass is 348 g/mol. The third-order valence-corrected chi connectivity index (χ3v) is 4.55. The fraction of sp³-hybridized carbons (Fsp3) is 0.150. The number of rotatable bonds is 4. The van der Waals surface area contributed by atoms with Crippen LogP contribution in [-0.2, 0) is 12.8 Å². The van der Waals surface area contributed by atoms with Crippen molar-refractivity contribution in [1.82, 2.24) is 0 Å². The molecule has 1 N–H and O–H groups in total. The summed E-state index contributed by atoms with van der Waals surface area (Å²) < 4.78 is 5.61. The molecule has 1 heterocycles. The number of amides is 1. The number of nitrogens with one attached hydrogen (secondary N) is 1. The summed E-state index contributed by atoms with van der Waals surface area (Å²) in [6, 6.07) is 15.3. The van der Waals surface area contributed by atoms with Gasteiger partial charge in [0.1, 0.15) is 5.76 Å². The maximum absolute atomic E-state index is 12.4. The van der Waals surface area contributed by atoms with Crippen LogP contribution < -0.4 is 5.32 Å². The Labute approximate surface area is 149 Å². The summed E-state index contributed by atoms with van der Waals surface area (Å²) >= 11 is 0. The number of anilines is 1. The zero-order chi connectivity index (χ0) is 18.1. The van der Waals surface area contributed by atoms with E-state index in [0.29, 0.717) is 11.3 Å². The van der Waals surface area contributed by atoms with E-state index in [-0.39, 0.29) is 17.4 Å². The van der Waals surface area contributed by atoms with Crippen molar-refractivity contribution in [3.63, 3.8) is 0 Å². The van der Waals surface area contributed by atoms with Crippen LogP contribution in [0.1, 0.15) is 28.1 Å². The van der Waals surface area contributed by atoms with Crippen molar-refractivity contribution < 1.29 is 14.1 Å². The van der Waals surface area contributed by atoms with E-state index in [1.165, 1.54) is 23.3 Å². The van der Waals surface area contributed by atoms with Crippen molar-refractivity contribution in [2.45, 2.75) is 19.3 Å². The van der Waals surface area contributed by atoms with Crippen LogP contribution in [0.3, 0.4) is 0 Å². The Hall–Kier alpha value is -3.41. The number of hydrogen-bond donors (Lipinski definition) is 1. The first-order valence-corrected chi connectivity index (χ1v) is 8.38. The van der Waals surface area contributed by atoms with Crippen LogP contribution in [0, 0.1) is 10.1 Å². The summed E-state index contributed by atoms with van der Waals surface area (Å²) in [6.45, 7) is 0. The molecular formula is C20H16N2O4. The largest absolute Gasteiger partial charge is 0.451 e. The summed E-state index contributed by atoms with van der Waals surface area (Å²) in [7, 11) is 0. The molecule has 0 unspecified atom stereocenters. The van der Waals surface area contributed by atoms with Gasteiger partial charge in [-0.3, -0.25) is 14.9 Å². The summed E-state index contributed by atoms with van der Waals surface area (Å²) in [5.41, 5.74) is 4.07. The predicted octanol–water partition coefficient (Wildman–Crippen LogP) is 4.60. The molecule has 0 fully saturated rings. The smallest absolute Gasteiger partial charge is 0.291 e. The number of benzene rings is 2. The number of nitro groups is 1. The van der Waals surface area contributed by atoms with Gasteiger partial charge in [0.25, 0.3) is 11.6 Å². The zero-order valence-corrected chi connectivity index (χ0v) is 13.9. The minimum absolute atomic E-state index is 0.00915. The molecule has 6 nitrogen and oxygen atoms in total. The Balaban J connectivity index is 1.50. The first-order valence-electron chi connectivity index (χ1n) is 8.38. The Bertz CT molecular complexity index is 989. The van der Waals surface area contributed by atoms with Gasteiger partial charge in [0, 0.05) is 23.4 Å². The first kappa shape index (κ1) is 16.1. The molecule has 1 aliphatic carbocycles. The van der Waals surface area contributed by atoms with E-state index in [0.717, 1.165) is 24.9 Å². The molecule has 0 saturated heterocycles. The van der Waals surface area contributed by atoms with Crippen LogP contribution in [0.4, 0.5) is 11.4 Å². The summed E-state index contributed by atoms with van der Waals surface area (Å²) in [6.07, 6.45) is 3.30. The maximum Gasteiger partial charge on any atom is 0.291 e. The van der Waals surface area contributed by atoms with Crippen LogP contribution in [0.2, 0.25) is 0 Å². The average molecular weight is 348 g/mol. The van der Waals surface area contributed by atoms with Gasteiger partial charge < -0.3 is 9.73 Å². The van der Waals surface area contributed by atoms with Crippen LogP contribution in [-0.4, -0.2) is 10.8 Å². The van der Waals surface area contributed by atoms with Crippen molar-refractivity contribution in [3.05, 3.63) is 81.6 Å². The third-order valence-electron chi connectivity index (χ3n) is 4.55. The quantitative estimate of drug-likeness (QED) is 0.552. The lowest BCUT2D eigenvalue weighted by atomic mass is 10.1. The molecule has 3 aromatic rings. The summed E-state index contributed by atoms with van der Waals surface area (Å²) in [5.74, 6) is 0.356. The lowest BCUT2D eigenvalue weighted by Crippen LogP contribution is -2.11. The Morgan fingerprint density at radius 1 is 1.00 bits per heavy atom. The van der Waals surface area contributed by atoms with Gasteiger partial charge >= 0.3 is 0 Å². The standard InChI is InChI=1S/C20H16N2O4/c23-20(21-16-7-4-13-2-1-3-15(13)12-16)19-11-10-18(26-19)14-5-8-17(9-6-14)22(24)25/h4-12H,1-3H2,(H,21,23). The Morgan fingerprint density at radius 2 is 1.77 bits per heavy atom. The molecule has 26 heavy (non-hydrogen) atoms. The second-order valence-electron chi connectivity index (χ2n) is 6.26. The van der Waals surface area contributed by atoms with E-state index in [2.05, 4.69) is 11.4 Å². The minimum atomic E-state index is -0.457. The zero-order valence-electron chi connectivity index (χ0n) is 13.9. The number of carbonyl (C=O) groups is 1. The van der Waals surface area contributed by atoms with Crippen molar-refractivity contribution in [2.24, 2.45) is 0 Å². The van der Waals surface area contributed by atoms with E-state index in [1.807, 2.05) is 12.1 Å². The first-order chi connectivity index (χ1) is 12.6. The molecule has 1 amide bonds. The van der Waals surface area contributed by atoms with Gasteiger partial charge in [-0.05, 0) is 66.8 Å². The van der Waals surface area contributed by atoms with Gasteiger partial charge in [-0.25, -0.2) is 0 Å². The number of hydrogen-bond acceptors (Lipinski definition) is 4. The topological polar surface area (TPSA) is 85.4 Å². The summed E-state index contributed by atoms with van der Waals surface area (Å²) in [4.78, 5) is 22.7. The van der Waals surface area contributed by atoms with Gasteiger partial charge in [-0.1, -0.05) is 6.07 Å². The number of fused-ring (bicyclic) bond motifs is 1. The van der Waals surface area contributed by atoms with Gasteiger partial charge in [0.05, 0.1) is 4.92 Å². The molecule has 1 aromatic heterocycles. The van der Waals surface area contributed by atoms with Crippen LogP contribution in [0.5, 0.6) is 0 Å². The van der Waals surface area contributed by atoms with E-state index >= 15 is 0 Å². The van der Waals surface area contributed by atoms with Crippen molar-refractivity contribution in [2.75, 3.05) is 5.32 Å². The molecule has 0 atom stereocenters. The minimum Gasteiger partial charge on any atom is -0.451 e. The highest BCUT2D eigenvalue weighted by molar-refractivity contribution is 6.02. The second kappa shape index (κ2) is 6.48. The molecule has 2 aromatic carbocycles. The number of aryl methyl sites for hydroxylation is 2. The normalized spacial score (nSPS) is 12.6. The van der Waals surface area contributed by atoms with Crippen LogP contribution in [0.25, 0.3) is 11.3 Å². The van der Waals surface area contributed by atoms with Gasteiger partial charge in [0.15, 0.2) is 5.76 Å². The van der Waals surface area contributed by atoms with Gasteiger partial charge in [0.2, 0.25) is 0 Å². The fourth-order valence-corrected chi connectivity index (χ4v) is 3.20. The predicted molar refractivity (Wildman–Crippen MR) is 97.2 cm³/mol. The highest BCUT2D eigenvalue weighted by atomic mass is 16.6. The molecule has 0 spiro atoms. The van der Waals surface area contributed by atoms with Crippen molar-refractivity contribution in [3.8, 4) is 11.3 Å². The average Bonchev–Trinajstić information content (AvgIpc) is 3.31. The maximum atomic E-state index is 12.4. The van der Waals surface area contributed by atoms with Crippen molar-refractivity contribution >= 4 is 17.3 Å². The van der Waals surface area contributed by atoms with Gasteiger partial charge in [-0.2, -0.15) is 0 Å². The summed E-state index contributed by atoms with van der Waals surface area (Å²) in [5, 5.41) is 13.6. The molecule has 1 aliphatic rings. The highest BCUT2D eigenvalue weighted by Crippen LogP contribution is 2.27. The molecule has 0 aliphatic heterocycles. The lowest BCUT2D eigenvalue weighted by Gasteiger charge is -2.06. The molecule has 4 rings (SSSR count). The third kappa shape index (κ3) is 3.09. The number of carbonyl (C=O) groups excluding carboxylic acids is 1.